The third-order valence-corrected chi connectivity index (χ3v) is 9.68. The van der Waals surface area contributed by atoms with Crippen molar-refractivity contribution in [2.45, 2.75) is 37.6 Å². The van der Waals surface area contributed by atoms with Crippen LogP contribution in [0.5, 0.6) is 5.75 Å². The van der Waals surface area contributed by atoms with Gasteiger partial charge in [0.05, 0.1) is 37.9 Å². The molecule has 2 unspecified atom stereocenters. The average Bonchev–Trinajstić information content (AvgIpc) is 3.80. The van der Waals surface area contributed by atoms with Crippen molar-refractivity contribution in [1.82, 2.24) is 25.1 Å². The van der Waals surface area contributed by atoms with Gasteiger partial charge in [-0.15, -0.1) is 0 Å². The van der Waals surface area contributed by atoms with Crippen molar-refractivity contribution in [2.75, 3.05) is 33.0 Å². The molecule has 2 aliphatic heterocycles. The number of aromatic nitrogens is 2. The van der Waals surface area contributed by atoms with Crippen molar-refractivity contribution < 1.29 is 24.2 Å². The third-order valence-electron chi connectivity index (χ3n) is 9.68. The number of phenols is 1. The molecule has 264 valence electrons. The molecule has 0 aliphatic carbocycles. The van der Waals surface area contributed by atoms with Gasteiger partial charge in [0.25, 0.3) is 5.91 Å². The van der Waals surface area contributed by atoms with Crippen LogP contribution < -0.4 is 22.1 Å². The minimum absolute atomic E-state index is 0.122. The van der Waals surface area contributed by atoms with Gasteiger partial charge in [0.1, 0.15) is 5.75 Å². The lowest BCUT2D eigenvalue weighted by Crippen LogP contribution is -2.53. The van der Waals surface area contributed by atoms with Crippen LogP contribution in [0.1, 0.15) is 45.2 Å². The smallest absolute Gasteiger partial charge is 0.319 e. The standard InChI is InChI=1S/C39H43N7O5/c40-14-18-51-20-19-50-17-13-39(12-3-4-15-46(39)38(41)49)25-45-16-11-27-8-7-26(21-34(27)45)23-42-24-33-35(30-5-1-2-6-32(30)43-33)36-31-22-28(47)9-10-29(31)37(48)44-36/h1-12,15-16,21-22,36,42-43,47H,13-14,17-20,23-25,40H2,(H2,41,49)(H,44,48). The van der Waals surface area contributed by atoms with Crippen LogP contribution in [0.25, 0.3) is 21.8 Å². The molecule has 0 saturated heterocycles. The van der Waals surface area contributed by atoms with Gasteiger partial charge in [-0.3, -0.25) is 9.69 Å². The van der Waals surface area contributed by atoms with Crippen molar-refractivity contribution in [2.24, 2.45) is 11.5 Å². The molecule has 5 aromatic rings. The summed E-state index contributed by atoms with van der Waals surface area (Å²) in [6.45, 7) is 3.84. The van der Waals surface area contributed by atoms with Gasteiger partial charge < -0.3 is 46.2 Å². The van der Waals surface area contributed by atoms with Gasteiger partial charge in [0.15, 0.2) is 0 Å². The number of nitrogens with zero attached hydrogens (tertiary/aromatic N) is 2. The summed E-state index contributed by atoms with van der Waals surface area (Å²) in [5, 5.41) is 19.1. The number of carbonyl (C=O) groups is 2. The first kappa shape index (κ1) is 34.1. The Balaban J connectivity index is 1.09. The summed E-state index contributed by atoms with van der Waals surface area (Å²) in [6, 6.07) is 20.5. The zero-order valence-corrected chi connectivity index (χ0v) is 28.3. The molecule has 0 bridgehead atoms. The molecule has 4 heterocycles. The van der Waals surface area contributed by atoms with E-state index in [1.807, 2.05) is 48.7 Å². The number of para-hydroxylation sites is 1. The number of benzene rings is 3. The molecule has 2 aliphatic rings. The second kappa shape index (κ2) is 14.8. The molecule has 2 aromatic heterocycles. The van der Waals surface area contributed by atoms with Crippen molar-refractivity contribution in [1.29, 1.82) is 0 Å². The monoisotopic (exact) mass is 689 g/mol. The second-order valence-corrected chi connectivity index (χ2v) is 13.0. The molecule has 0 fully saturated rings. The fourth-order valence-electron chi connectivity index (χ4n) is 7.26. The van der Waals surface area contributed by atoms with Crippen LogP contribution in [0, 0.1) is 0 Å². The second-order valence-electron chi connectivity index (χ2n) is 13.0. The van der Waals surface area contributed by atoms with Crippen LogP contribution in [0.4, 0.5) is 4.79 Å². The van der Waals surface area contributed by atoms with Crippen molar-refractivity contribution in [3.63, 3.8) is 0 Å². The first-order chi connectivity index (χ1) is 24.9. The SMILES string of the molecule is NCCOCCOCCC1(Cn2ccc3ccc(CNCc4[nH]c5ccccc5c4C4NC(=O)c5ccc(O)cc54)cc32)C=CC=CN1C(N)=O. The predicted molar refractivity (Wildman–Crippen MR) is 196 cm³/mol. The van der Waals surface area contributed by atoms with E-state index in [4.69, 9.17) is 20.9 Å². The molecule has 2 atom stereocenters. The summed E-state index contributed by atoms with van der Waals surface area (Å²) in [6.07, 6.45) is 10.1. The summed E-state index contributed by atoms with van der Waals surface area (Å²) in [4.78, 5) is 30.7. The van der Waals surface area contributed by atoms with E-state index in [1.54, 1.807) is 29.3 Å². The molecule has 3 amide bonds. The molecule has 3 aromatic carbocycles. The number of nitrogens with one attached hydrogen (secondary N) is 3. The van der Waals surface area contributed by atoms with E-state index in [0.29, 0.717) is 64.6 Å². The Morgan fingerprint density at radius 1 is 0.980 bits per heavy atom. The van der Waals surface area contributed by atoms with Crippen LogP contribution in [-0.4, -0.2) is 70.0 Å². The van der Waals surface area contributed by atoms with Crippen LogP contribution in [0.15, 0.2) is 97.4 Å². The lowest BCUT2D eigenvalue weighted by Gasteiger charge is -2.41. The number of fused-ring (bicyclic) bond motifs is 3. The lowest BCUT2D eigenvalue weighted by atomic mass is 9.90. The van der Waals surface area contributed by atoms with E-state index in [-0.39, 0.29) is 11.7 Å². The zero-order chi connectivity index (χ0) is 35.4. The number of primary amides is 1. The number of nitrogens with two attached hydrogens (primary N) is 2. The molecule has 0 saturated carbocycles. The highest BCUT2D eigenvalue weighted by Crippen LogP contribution is 2.38. The minimum Gasteiger partial charge on any atom is -0.508 e. The Bertz CT molecular complexity index is 2120. The maximum absolute atomic E-state index is 12.9. The number of amides is 3. The number of carbonyl (C=O) groups excluding carboxylic acids is 2. The van der Waals surface area contributed by atoms with Crippen molar-refractivity contribution in [3.8, 4) is 5.75 Å². The molecular formula is C39H43N7O5. The number of ether oxygens (including phenoxy) is 2. The molecular weight excluding hydrogens is 646 g/mol. The number of hydrogen-bond donors (Lipinski definition) is 6. The Labute approximate surface area is 295 Å². The molecule has 7 rings (SSSR count). The van der Waals surface area contributed by atoms with Gasteiger partial charge in [0, 0.05) is 71.9 Å². The van der Waals surface area contributed by atoms with Gasteiger partial charge in [-0.1, -0.05) is 42.5 Å². The zero-order valence-electron chi connectivity index (χ0n) is 28.3. The summed E-state index contributed by atoms with van der Waals surface area (Å²) in [5.41, 5.74) is 17.0. The van der Waals surface area contributed by atoms with Gasteiger partial charge in [-0.05, 0) is 65.4 Å². The minimum atomic E-state index is -0.726. The number of phenolic OH excluding ortho intramolecular Hbond substituents is 1. The lowest BCUT2D eigenvalue weighted by molar-refractivity contribution is 0.0367. The molecule has 51 heavy (non-hydrogen) atoms. The predicted octanol–water partition coefficient (Wildman–Crippen LogP) is 4.54. The molecule has 0 radical (unpaired) electrons. The van der Waals surface area contributed by atoms with Gasteiger partial charge in [-0.2, -0.15) is 0 Å². The topological polar surface area (TPSA) is 173 Å². The van der Waals surface area contributed by atoms with E-state index in [1.165, 1.54) is 0 Å². The van der Waals surface area contributed by atoms with Gasteiger partial charge >= 0.3 is 6.03 Å². The summed E-state index contributed by atoms with van der Waals surface area (Å²) < 4.78 is 13.5. The number of urea groups is 1. The first-order valence-corrected chi connectivity index (χ1v) is 17.2. The maximum Gasteiger partial charge on any atom is 0.319 e. The van der Waals surface area contributed by atoms with Crippen LogP contribution >= 0.6 is 0 Å². The summed E-state index contributed by atoms with van der Waals surface area (Å²) >= 11 is 0. The average molecular weight is 690 g/mol. The van der Waals surface area contributed by atoms with E-state index in [0.717, 1.165) is 44.2 Å². The van der Waals surface area contributed by atoms with E-state index in [2.05, 4.69) is 44.5 Å². The summed E-state index contributed by atoms with van der Waals surface area (Å²) in [5.74, 6) is -0.0342. The molecule has 12 nitrogen and oxygen atoms in total. The fourth-order valence-corrected chi connectivity index (χ4v) is 7.26. The highest BCUT2D eigenvalue weighted by Gasteiger charge is 2.38. The number of rotatable bonds is 15. The normalized spacial score (nSPS) is 18.2. The van der Waals surface area contributed by atoms with Crippen molar-refractivity contribution >= 4 is 33.7 Å². The van der Waals surface area contributed by atoms with Crippen LogP contribution in [0.3, 0.4) is 0 Å². The van der Waals surface area contributed by atoms with E-state index < -0.39 is 17.6 Å². The molecule has 0 spiro atoms. The highest BCUT2D eigenvalue weighted by molar-refractivity contribution is 6.01. The first-order valence-electron chi connectivity index (χ1n) is 17.2. The Hall–Kier alpha value is -5.40. The van der Waals surface area contributed by atoms with Crippen LogP contribution in [0.2, 0.25) is 0 Å². The number of aromatic amines is 1. The number of allylic oxidation sites excluding steroid dienone is 2. The van der Waals surface area contributed by atoms with E-state index in [9.17, 15) is 14.7 Å². The Kier molecular flexibility index (Phi) is 9.91. The quantitative estimate of drug-likeness (QED) is 0.0876. The fraction of sp³-hybridized carbons (Fsp3) is 0.282. The number of H-pyrrole nitrogens is 1. The van der Waals surface area contributed by atoms with Gasteiger partial charge in [-0.25, -0.2) is 4.79 Å². The summed E-state index contributed by atoms with van der Waals surface area (Å²) in [7, 11) is 0. The third kappa shape index (κ3) is 6.99. The van der Waals surface area contributed by atoms with Crippen LogP contribution in [-0.2, 0) is 29.1 Å². The van der Waals surface area contributed by atoms with Gasteiger partial charge in [0.2, 0.25) is 0 Å². The number of hydrogen-bond acceptors (Lipinski definition) is 7. The number of aromatic hydroxyl groups is 1. The Morgan fingerprint density at radius 2 is 1.82 bits per heavy atom. The highest BCUT2D eigenvalue weighted by atomic mass is 16.5. The maximum atomic E-state index is 12.9. The largest absolute Gasteiger partial charge is 0.508 e. The molecule has 8 N–H and O–H groups in total. The molecule has 12 heteroatoms. The van der Waals surface area contributed by atoms with E-state index >= 15 is 0 Å². The Morgan fingerprint density at radius 3 is 2.67 bits per heavy atom. The van der Waals surface area contributed by atoms with Crippen molar-refractivity contribution in [3.05, 3.63) is 125 Å².